The molecule has 2 aliphatic carbocycles. The van der Waals surface area contributed by atoms with Gasteiger partial charge in [-0.1, -0.05) is 172 Å². The monoisotopic (exact) mass is 714 g/mol. The van der Waals surface area contributed by atoms with E-state index >= 15 is 0 Å². The van der Waals surface area contributed by atoms with Crippen molar-refractivity contribution in [2.75, 3.05) is 0 Å². The van der Waals surface area contributed by atoms with E-state index in [0.717, 1.165) is 24.0 Å². The van der Waals surface area contributed by atoms with Gasteiger partial charge in [-0.05, 0) is 119 Å². The molecule has 0 atom stereocenters. The van der Waals surface area contributed by atoms with Gasteiger partial charge >= 0.3 is 0 Å². The van der Waals surface area contributed by atoms with Gasteiger partial charge in [0.1, 0.15) is 11.2 Å². The zero-order valence-electron chi connectivity index (χ0n) is 31.5. The van der Waals surface area contributed by atoms with E-state index < -0.39 is 0 Å². The van der Waals surface area contributed by atoms with E-state index in [9.17, 15) is 0 Å². The highest BCUT2D eigenvalue weighted by molar-refractivity contribution is 6.25. The minimum Gasteiger partial charge on any atom is -0.455 e. The Kier molecular flexibility index (Phi) is 6.58. The highest BCUT2D eigenvalue weighted by Crippen LogP contribution is 2.57. The maximum atomic E-state index is 6.62. The van der Waals surface area contributed by atoms with E-state index in [1.807, 2.05) is 0 Å². The van der Waals surface area contributed by atoms with Crippen LogP contribution < -0.4 is 0 Å². The molecule has 1 aromatic heterocycles. The smallest absolute Gasteiger partial charge is 0.143 e. The molecule has 0 saturated heterocycles. The van der Waals surface area contributed by atoms with Crippen LogP contribution in [0.1, 0.15) is 48.1 Å². The van der Waals surface area contributed by atoms with Gasteiger partial charge in [0.05, 0.1) is 0 Å². The molecule has 0 N–H and O–H groups in total. The number of hydrogen-bond acceptors (Lipinski definition) is 1. The average molecular weight is 715 g/mol. The Hall–Kier alpha value is -6.70. The second kappa shape index (κ2) is 11.7. The first-order valence-corrected chi connectivity index (χ1v) is 19.9. The number of hydrogen-bond donors (Lipinski definition) is 0. The van der Waals surface area contributed by atoms with E-state index in [1.54, 1.807) is 0 Å². The summed E-state index contributed by atoms with van der Waals surface area (Å²) in [5.41, 5.74) is 17.9. The molecule has 56 heavy (non-hydrogen) atoms. The lowest BCUT2D eigenvalue weighted by Crippen LogP contribution is -2.16. The minimum atomic E-state index is -0.170. The Balaban J connectivity index is 0.984. The molecule has 0 unspecified atom stereocenters. The summed E-state index contributed by atoms with van der Waals surface area (Å²) in [6, 6.07) is 60.5. The Bertz CT molecular complexity index is 3260. The van der Waals surface area contributed by atoms with Crippen molar-refractivity contribution < 1.29 is 4.42 Å². The van der Waals surface area contributed by atoms with Gasteiger partial charge in [-0.2, -0.15) is 0 Å². The van der Waals surface area contributed by atoms with Crippen LogP contribution in [0.2, 0.25) is 0 Å². The van der Waals surface area contributed by atoms with Crippen molar-refractivity contribution >= 4 is 65.9 Å². The lowest BCUT2D eigenvalue weighted by molar-refractivity contribution is 0.663. The molecule has 0 amide bonds. The predicted molar refractivity (Wildman–Crippen MR) is 237 cm³/mol. The Morgan fingerprint density at radius 2 is 1.05 bits per heavy atom. The summed E-state index contributed by atoms with van der Waals surface area (Å²) in [6.07, 6.45) is 4.47. The van der Waals surface area contributed by atoms with Crippen LogP contribution in [0.25, 0.3) is 99.3 Å². The molecule has 0 aliphatic heterocycles. The van der Waals surface area contributed by atoms with E-state index in [4.69, 9.17) is 4.42 Å². The molecule has 0 radical (unpaired) electrons. The molecule has 0 bridgehead atoms. The van der Waals surface area contributed by atoms with Gasteiger partial charge in [0.15, 0.2) is 0 Å². The lowest BCUT2D eigenvalue weighted by Gasteiger charge is -2.24. The standard InChI is InChI=1S/C55H38O/c1-55(2)47-32-37(28-29-45(47)51-52-46-22-12-13-23-48(46)56-54(52)44-21-11-10-20-43(44)53(51)55)35-24-25-36-31-38(27-26-34(36)30-35)50-41-18-8-6-16-39(41)49(33-14-4-3-5-15-33)40-17-7-9-19-42(40)50/h3-23,26-32H,24-25H2,1-2H3. The fourth-order valence-electron chi connectivity index (χ4n) is 10.4. The maximum absolute atomic E-state index is 6.62. The highest BCUT2D eigenvalue weighted by atomic mass is 16.3. The van der Waals surface area contributed by atoms with Crippen LogP contribution in [0.3, 0.4) is 0 Å². The van der Waals surface area contributed by atoms with Crippen molar-refractivity contribution in [3.8, 4) is 33.4 Å². The summed E-state index contributed by atoms with van der Waals surface area (Å²) in [6.45, 7) is 4.82. The summed E-state index contributed by atoms with van der Waals surface area (Å²) in [7, 11) is 0. The van der Waals surface area contributed by atoms with Crippen LogP contribution in [0.5, 0.6) is 0 Å². The molecule has 9 aromatic carbocycles. The summed E-state index contributed by atoms with van der Waals surface area (Å²) < 4.78 is 6.62. The molecule has 10 aromatic rings. The quantitative estimate of drug-likeness (QED) is 0.166. The zero-order valence-corrected chi connectivity index (χ0v) is 31.5. The highest BCUT2D eigenvalue weighted by Gasteiger charge is 2.40. The van der Waals surface area contributed by atoms with Crippen molar-refractivity contribution in [1.82, 2.24) is 0 Å². The number of para-hydroxylation sites is 1. The van der Waals surface area contributed by atoms with Crippen molar-refractivity contribution in [1.29, 1.82) is 0 Å². The fourth-order valence-corrected chi connectivity index (χ4v) is 10.4. The second-order valence-electron chi connectivity index (χ2n) is 16.3. The van der Waals surface area contributed by atoms with E-state index in [2.05, 4.69) is 184 Å². The molecule has 0 spiro atoms. The molecule has 12 rings (SSSR count). The summed E-state index contributed by atoms with van der Waals surface area (Å²) in [5, 5.41) is 10.1. The molecule has 1 nitrogen and oxygen atoms in total. The van der Waals surface area contributed by atoms with Gasteiger partial charge < -0.3 is 4.42 Å². The number of benzene rings is 9. The molecule has 264 valence electrons. The van der Waals surface area contributed by atoms with E-state index in [-0.39, 0.29) is 5.41 Å². The third-order valence-corrected chi connectivity index (χ3v) is 12.9. The Morgan fingerprint density at radius 1 is 0.464 bits per heavy atom. The van der Waals surface area contributed by atoms with Crippen molar-refractivity contribution in [2.45, 2.75) is 32.1 Å². The lowest BCUT2D eigenvalue weighted by atomic mass is 9.78. The Morgan fingerprint density at radius 3 is 1.77 bits per heavy atom. The molecule has 0 fully saturated rings. The van der Waals surface area contributed by atoms with Crippen LogP contribution in [0.15, 0.2) is 168 Å². The normalized spacial score (nSPS) is 14.4. The number of fused-ring (bicyclic) bond motifs is 13. The molecule has 2 aliphatic rings. The van der Waals surface area contributed by atoms with E-state index in [0.29, 0.717) is 0 Å². The molecular weight excluding hydrogens is 677 g/mol. The third kappa shape index (κ3) is 4.37. The van der Waals surface area contributed by atoms with Crippen molar-refractivity contribution in [3.05, 3.63) is 192 Å². The topological polar surface area (TPSA) is 13.1 Å². The first-order valence-electron chi connectivity index (χ1n) is 19.9. The first kappa shape index (κ1) is 31.6. The molecule has 0 saturated carbocycles. The first-order chi connectivity index (χ1) is 27.5. The number of aryl methyl sites for hydroxylation is 1. The number of furan rings is 1. The largest absolute Gasteiger partial charge is 0.455 e. The Labute approximate surface area is 326 Å². The van der Waals surface area contributed by atoms with Crippen LogP contribution in [0, 0.1) is 0 Å². The summed E-state index contributed by atoms with van der Waals surface area (Å²) >= 11 is 0. The second-order valence-corrected chi connectivity index (χ2v) is 16.3. The van der Waals surface area contributed by atoms with Gasteiger partial charge in [-0.3, -0.25) is 0 Å². The SMILES string of the molecule is CC1(C)c2cc(C3=Cc4ccc(-c5c6ccccc6c(-c6ccccc6)c6ccccc56)cc4CC3)ccc2-c2c1c1ccccc1c1oc3ccccc3c21. The van der Waals surface area contributed by atoms with Gasteiger partial charge in [0, 0.05) is 21.6 Å². The van der Waals surface area contributed by atoms with Crippen LogP contribution >= 0.6 is 0 Å². The van der Waals surface area contributed by atoms with Crippen LogP contribution in [-0.2, 0) is 11.8 Å². The summed E-state index contributed by atoms with van der Waals surface area (Å²) in [5.74, 6) is 0. The van der Waals surface area contributed by atoms with Gasteiger partial charge in [-0.15, -0.1) is 0 Å². The maximum Gasteiger partial charge on any atom is 0.143 e. The average Bonchev–Trinajstić information content (AvgIpc) is 3.75. The van der Waals surface area contributed by atoms with Crippen LogP contribution in [-0.4, -0.2) is 0 Å². The van der Waals surface area contributed by atoms with Crippen molar-refractivity contribution in [3.63, 3.8) is 0 Å². The van der Waals surface area contributed by atoms with E-state index in [1.165, 1.54) is 110 Å². The molecular formula is C55H38O. The minimum absolute atomic E-state index is 0.170. The third-order valence-electron chi connectivity index (χ3n) is 12.9. The van der Waals surface area contributed by atoms with Crippen LogP contribution in [0.4, 0.5) is 0 Å². The molecule has 1 heterocycles. The zero-order chi connectivity index (χ0) is 37.1. The predicted octanol–water partition coefficient (Wildman–Crippen LogP) is 15.2. The molecule has 1 heteroatoms. The van der Waals surface area contributed by atoms with Gasteiger partial charge in [0.2, 0.25) is 0 Å². The number of rotatable bonds is 3. The van der Waals surface area contributed by atoms with Gasteiger partial charge in [0.25, 0.3) is 0 Å². The summed E-state index contributed by atoms with van der Waals surface area (Å²) in [4.78, 5) is 0. The number of allylic oxidation sites excluding steroid dienone is 1. The van der Waals surface area contributed by atoms with Crippen molar-refractivity contribution in [2.24, 2.45) is 0 Å². The van der Waals surface area contributed by atoms with Gasteiger partial charge in [-0.25, -0.2) is 0 Å². The fraction of sp³-hybridized carbons (Fsp3) is 0.0909.